The van der Waals surface area contributed by atoms with Gasteiger partial charge in [0.15, 0.2) is 5.78 Å². The minimum atomic E-state index is -0.313. The van der Waals surface area contributed by atoms with Crippen molar-refractivity contribution >= 4 is 52.2 Å². The number of amides is 2. The van der Waals surface area contributed by atoms with Crippen molar-refractivity contribution in [3.63, 3.8) is 0 Å². The second-order valence-electron chi connectivity index (χ2n) is 6.08. The van der Waals surface area contributed by atoms with Crippen molar-refractivity contribution in [3.8, 4) is 0 Å². The van der Waals surface area contributed by atoms with E-state index in [4.69, 9.17) is 11.6 Å². The third-order valence-corrected chi connectivity index (χ3v) is 5.58. The highest BCUT2D eigenvalue weighted by Gasteiger charge is 2.28. The number of benzene rings is 3. The number of anilines is 3. The third-order valence-electron chi connectivity index (χ3n) is 4.21. The van der Waals surface area contributed by atoms with Crippen LogP contribution in [-0.2, 0) is 0 Å². The van der Waals surface area contributed by atoms with E-state index in [0.717, 1.165) is 15.5 Å². The standard InChI is InChI=1S/C21H15ClN2O2S/c1-13(25)14-9-10-20-18(11-14)24(17-7-2-3-8-19(17)27-20)21(26)23-16-6-4-5-15(22)12-16/h2-12H,1H3,(H,23,26). The van der Waals surface area contributed by atoms with E-state index in [-0.39, 0.29) is 11.8 Å². The van der Waals surface area contributed by atoms with Gasteiger partial charge in [-0.2, -0.15) is 0 Å². The molecule has 0 radical (unpaired) electrons. The number of urea groups is 1. The van der Waals surface area contributed by atoms with Crippen LogP contribution in [0.5, 0.6) is 0 Å². The van der Waals surface area contributed by atoms with Crippen molar-refractivity contribution in [2.45, 2.75) is 16.7 Å². The Hall–Kier alpha value is -2.76. The molecule has 1 N–H and O–H groups in total. The molecular formula is C21H15ClN2O2S. The van der Waals surface area contributed by atoms with Crippen LogP contribution in [0.15, 0.2) is 76.5 Å². The lowest BCUT2D eigenvalue weighted by molar-refractivity contribution is 0.101. The van der Waals surface area contributed by atoms with Gasteiger partial charge in [0, 0.05) is 26.1 Å². The molecule has 0 unspecified atom stereocenters. The molecule has 1 aliphatic rings. The SMILES string of the molecule is CC(=O)c1ccc2c(c1)N(C(=O)Nc1cccc(Cl)c1)c1ccccc1S2. The lowest BCUT2D eigenvalue weighted by Gasteiger charge is -2.31. The van der Waals surface area contributed by atoms with Crippen LogP contribution in [0.4, 0.5) is 21.9 Å². The van der Waals surface area contributed by atoms with Crippen molar-refractivity contribution in [2.75, 3.05) is 10.2 Å². The highest BCUT2D eigenvalue weighted by Crippen LogP contribution is 2.48. The lowest BCUT2D eigenvalue weighted by Crippen LogP contribution is -2.32. The van der Waals surface area contributed by atoms with Crippen LogP contribution < -0.4 is 10.2 Å². The van der Waals surface area contributed by atoms with Gasteiger partial charge in [0.25, 0.3) is 0 Å². The van der Waals surface area contributed by atoms with Crippen LogP contribution in [0.1, 0.15) is 17.3 Å². The van der Waals surface area contributed by atoms with E-state index < -0.39 is 0 Å². The molecule has 0 aromatic heterocycles. The Morgan fingerprint density at radius 1 is 0.926 bits per heavy atom. The Morgan fingerprint density at radius 3 is 2.48 bits per heavy atom. The summed E-state index contributed by atoms with van der Waals surface area (Å²) in [4.78, 5) is 28.5. The summed E-state index contributed by atoms with van der Waals surface area (Å²) in [5.41, 5.74) is 2.63. The van der Waals surface area contributed by atoms with Gasteiger partial charge in [-0.1, -0.05) is 47.6 Å². The summed E-state index contributed by atoms with van der Waals surface area (Å²) in [5.74, 6) is -0.0446. The quantitative estimate of drug-likeness (QED) is 0.513. The number of hydrogen-bond donors (Lipinski definition) is 1. The smallest absolute Gasteiger partial charge is 0.307 e. The van der Waals surface area contributed by atoms with Crippen molar-refractivity contribution in [1.29, 1.82) is 0 Å². The average molecular weight is 395 g/mol. The van der Waals surface area contributed by atoms with Crippen molar-refractivity contribution in [1.82, 2.24) is 0 Å². The van der Waals surface area contributed by atoms with Crippen molar-refractivity contribution < 1.29 is 9.59 Å². The topological polar surface area (TPSA) is 49.4 Å². The van der Waals surface area contributed by atoms with Gasteiger partial charge in [0.1, 0.15) is 0 Å². The zero-order valence-electron chi connectivity index (χ0n) is 14.4. The van der Waals surface area contributed by atoms with Crippen LogP contribution in [0, 0.1) is 0 Å². The zero-order valence-corrected chi connectivity index (χ0v) is 16.0. The Labute approximate surface area is 166 Å². The molecule has 0 spiro atoms. The number of Topliss-reactive ketones (excluding diaryl/α,β-unsaturated/α-hetero) is 1. The Morgan fingerprint density at radius 2 is 1.70 bits per heavy atom. The fraction of sp³-hybridized carbons (Fsp3) is 0.0476. The van der Waals surface area contributed by atoms with E-state index >= 15 is 0 Å². The van der Waals surface area contributed by atoms with Crippen LogP contribution in [0.2, 0.25) is 5.02 Å². The minimum absolute atomic E-state index is 0.0446. The zero-order chi connectivity index (χ0) is 19.0. The normalized spacial score (nSPS) is 12.1. The molecule has 27 heavy (non-hydrogen) atoms. The average Bonchev–Trinajstić information content (AvgIpc) is 2.65. The van der Waals surface area contributed by atoms with E-state index in [9.17, 15) is 9.59 Å². The fourth-order valence-electron chi connectivity index (χ4n) is 2.94. The van der Waals surface area contributed by atoms with Gasteiger partial charge in [-0.15, -0.1) is 0 Å². The van der Waals surface area contributed by atoms with Gasteiger partial charge in [0.2, 0.25) is 0 Å². The number of nitrogens with zero attached hydrogens (tertiary/aromatic N) is 1. The number of para-hydroxylation sites is 1. The maximum absolute atomic E-state index is 13.2. The molecule has 0 saturated heterocycles. The molecule has 0 saturated carbocycles. The summed E-state index contributed by atoms with van der Waals surface area (Å²) < 4.78 is 0. The number of ketones is 1. The summed E-state index contributed by atoms with van der Waals surface area (Å²) >= 11 is 7.60. The molecule has 0 fully saturated rings. The number of carbonyl (C=O) groups is 2. The highest BCUT2D eigenvalue weighted by atomic mass is 35.5. The van der Waals surface area contributed by atoms with E-state index in [2.05, 4.69) is 5.32 Å². The van der Waals surface area contributed by atoms with Gasteiger partial charge >= 0.3 is 6.03 Å². The lowest BCUT2D eigenvalue weighted by atomic mass is 10.1. The first-order chi connectivity index (χ1) is 13.0. The number of fused-ring (bicyclic) bond motifs is 2. The van der Waals surface area contributed by atoms with Gasteiger partial charge in [-0.05, 0) is 49.4 Å². The number of halogens is 1. The second-order valence-corrected chi connectivity index (χ2v) is 7.60. The summed E-state index contributed by atoms with van der Waals surface area (Å²) in [6, 6.07) is 19.8. The largest absolute Gasteiger partial charge is 0.331 e. The summed E-state index contributed by atoms with van der Waals surface area (Å²) in [7, 11) is 0. The molecule has 4 rings (SSSR count). The molecule has 2 amide bonds. The Balaban J connectivity index is 1.79. The first-order valence-corrected chi connectivity index (χ1v) is 9.51. The van der Waals surface area contributed by atoms with E-state index in [0.29, 0.717) is 22.0 Å². The van der Waals surface area contributed by atoms with E-state index in [1.807, 2.05) is 30.3 Å². The van der Waals surface area contributed by atoms with Crippen molar-refractivity contribution in [3.05, 3.63) is 77.3 Å². The highest BCUT2D eigenvalue weighted by molar-refractivity contribution is 7.99. The van der Waals surface area contributed by atoms with E-state index in [1.54, 1.807) is 53.1 Å². The van der Waals surface area contributed by atoms with Crippen LogP contribution >= 0.6 is 23.4 Å². The van der Waals surface area contributed by atoms with Crippen molar-refractivity contribution in [2.24, 2.45) is 0 Å². The number of rotatable bonds is 2. The summed E-state index contributed by atoms with van der Waals surface area (Å²) in [6.07, 6.45) is 0. The summed E-state index contributed by atoms with van der Waals surface area (Å²) in [6.45, 7) is 1.52. The van der Waals surface area contributed by atoms with Gasteiger partial charge < -0.3 is 5.32 Å². The third kappa shape index (κ3) is 3.44. The van der Waals surface area contributed by atoms with Gasteiger partial charge in [-0.3, -0.25) is 9.69 Å². The molecule has 0 atom stereocenters. The van der Waals surface area contributed by atoms with Crippen LogP contribution in [0.25, 0.3) is 0 Å². The molecule has 1 aliphatic heterocycles. The molecule has 0 aliphatic carbocycles. The first-order valence-electron chi connectivity index (χ1n) is 8.31. The predicted octanol–water partition coefficient (Wildman–Crippen LogP) is 6.38. The molecule has 3 aromatic rings. The minimum Gasteiger partial charge on any atom is -0.307 e. The molecule has 1 heterocycles. The Bertz CT molecular complexity index is 1070. The molecule has 4 nitrogen and oxygen atoms in total. The molecule has 134 valence electrons. The Kier molecular flexibility index (Phi) is 4.64. The molecule has 0 bridgehead atoms. The summed E-state index contributed by atoms with van der Waals surface area (Å²) in [5, 5.41) is 3.43. The molecule has 6 heteroatoms. The maximum atomic E-state index is 13.2. The first kappa shape index (κ1) is 17.6. The number of nitrogens with one attached hydrogen (secondary N) is 1. The molecular weight excluding hydrogens is 380 g/mol. The maximum Gasteiger partial charge on any atom is 0.331 e. The van der Waals surface area contributed by atoms with Crippen LogP contribution in [-0.4, -0.2) is 11.8 Å². The van der Waals surface area contributed by atoms with Gasteiger partial charge in [-0.25, -0.2) is 4.79 Å². The van der Waals surface area contributed by atoms with Crippen LogP contribution in [0.3, 0.4) is 0 Å². The number of hydrogen-bond acceptors (Lipinski definition) is 3. The fourth-order valence-corrected chi connectivity index (χ4v) is 4.17. The monoisotopic (exact) mass is 394 g/mol. The van der Waals surface area contributed by atoms with Gasteiger partial charge in [0.05, 0.1) is 11.4 Å². The van der Waals surface area contributed by atoms with E-state index in [1.165, 1.54) is 6.92 Å². The second kappa shape index (κ2) is 7.10. The molecule has 3 aromatic carbocycles. The predicted molar refractivity (Wildman–Crippen MR) is 110 cm³/mol. The number of carbonyl (C=O) groups excluding carboxylic acids is 2.